The zero-order valence-electron chi connectivity index (χ0n) is 10.9. The third-order valence-electron chi connectivity index (χ3n) is 2.91. The fourth-order valence-corrected chi connectivity index (χ4v) is 3.28. The average Bonchev–Trinajstić information content (AvgIpc) is 2.43. The second-order valence-electron chi connectivity index (χ2n) is 4.27. The monoisotopic (exact) mass is 465 g/mol. The van der Waals surface area contributed by atoms with Crippen molar-refractivity contribution in [3.8, 4) is 5.75 Å². The normalized spacial score (nSPS) is 12.2. The minimum atomic E-state index is -0.215. The molecule has 0 spiro atoms. The first-order chi connectivity index (χ1) is 9.52. The zero-order valence-corrected chi connectivity index (χ0v) is 15.4. The van der Waals surface area contributed by atoms with E-state index in [0.717, 1.165) is 24.9 Å². The van der Waals surface area contributed by atoms with Crippen molar-refractivity contribution in [1.82, 2.24) is 0 Å². The number of rotatable bonds is 4. The standard InChI is InChI=1S/C15H14BrClINO/c1-2-20-14-6-3-9(7-12(14)16)15(19)11-8-10(17)4-5-13(11)18/h3-8,15H,2,19H2,1H3. The molecule has 0 amide bonds. The van der Waals surface area contributed by atoms with Crippen molar-refractivity contribution in [1.29, 1.82) is 0 Å². The van der Waals surface area contributed by atoms with Crippen LogP contribution in [0.3, 0.4) is 0 Å². The first kappa shape index (κ1) is 16.1. The van der Waals surface area contributed by atoms with E-state index in [9.17, 15) is 0 Å². The lowest BCUT2D eigenvalue weighted by Crippen LogP contribution is -2.13. The van der Waals surface area contributed by atoms with Crippen molar-refractivity contribution in [2.45, 2.75) is 13.0 Å². The third-order valence-corrected chi connectivity index (χ3v) is 4.75. The van der Waals surface area contributed by atoms with Gasteiger partial charge in [-0.1, -0.05) is 17.7 Å². The lowest BCUT2D eigenvalue weighted by atomic mass is 10.00. The van der Waals surface area contributed by atoms with Gasteiger partial charge in [0.25, 0.3) is 0 Å². The summed E-state index contributed by atoms with van der Waals surface area (Å²) in [6.07, 6.45) is 0. The summed E-state index contributed by atoms with van der Waals surface area (Å²) in [5.41, 5.74) is 8.39. The molecule has 2 rings (SSSR count). The van der Waals surface area contributed by atoms with E-state index in [2.05, 4.69) is 38.5 Å². The van der Waals surface area contributed by atoms with E-state index in [1.165, 1.54) is 0 Å². The van der Waals surface area contributed by atoms with Gasteiger partial charge in [-0.05, 0) is 86.9 Å². The van der Waals surface area contributed by atoms with Crippen molar-refractivity contribution >= 4 is 50.1 Å². The van der Waals surface area contributed by atoms with Crippen molar-refractivity contribution in [2.75, 3.05) is 6.61 Å². The molecule has 0 saturated carbocycles. The molecule has 1 atom stereocenters. The fourth-order valence-electron chi connectivity index (χ4n) is 1.92. The first-order valence-corrected chi connectivity index (χ1v) is 8.40. The Labute approximate surface area is 145 Å². The quantitative estimate of drug-likeness (QED) is 0.633. The molecule has 0 fully saturated rings. The van der Waals surface area contributed by atoms with Gasteiger partial charge in [0, 0.05) is 8.59 Å². The largest absolute Gasteiger partial charge is 0.493 e. The SMILES string of the molecule is CCOc1ccc(C(N)c2cc(Cl)ccc2I)cc1Br. The third kappa shape index (κ3) is 3.67. The van der Waals surface area contributed by atoms with Gasteiger partial charge < -0.3 is 10.5 Å². The Morgan fingerprint density at radius 2 is 2.05 bits per heavy atom. The van der Waals surface area contributed by atoms with E-state index in [1.807, 2.05) is 43.3 Å². The maximum absolute atomic E-state index is 6.35. The van der Waals surface area contributed by atoms with E-state index >= 15 is 0 Å². The topological polar surface area (TPSA) is 35.2 Å². The van der Waals surface area contributed by atoms with Crippen LogP contribution in [0.5, 0.6) is 5.75 Å². The molecule has 106 valence electrons. The van der Waals surface area contributed by atoms with Crippen LogP contribution >= 0.6 is 50.1 Å². The Morgan fingerprint density at radius 3 is 2.70 bits per heavy atom. The van der Waals surface area contributed by atoms with Crippen molar-refractivity contribution in [2.24, 2.45) is 5.73 Å². The first-order valence-electron chi connectivity index (χ1n) is 6.15. The van der Waals surface area contributed by atoms with E-state index < -0.39 is 0 Å². The van der Waals surface area contributed by atoms with Gasteiger partial charge in [0.1, 0.15) is 5.75 Å². The summed E-state index contributed by atoms with van der Waals surface area (Å²) in [6, 6.07) is 11.4. The van der Waals surface area contributed by atoms with Crippen LogP contribution in [0.4, 0.5) is 0 Å². The molecule has 0 aromatic heterocycles. The van der Waals surface area contributed by atoms with E-state index in [-0.39, 0.29) is 6.04 Å². The number of hydrogen-bond donors (Lipinski definition) is 1. The average molecular weight is 467 g/mol. The lowest BCUT2D eigenvalue weighted by Gasteiger charge is -2.16. The molecule has 0 aliphatic carbocycles. The minimum absolute atomic E-state index is 0.215. The number of benzene rings is 2. The predicted molar refractivity (Wildman–Crippen MR) is 95.5 cm³/mol. The van der Waals surface area contributed by atoms with Crippen LogP contribution < -0.4 is 10.5 Å². The highest BCUT2D eigenvalue weighted by atomic mass is 127. The highest BCUT2D eigenvalue weighted by molar-refractivity contribution is 14.1. The van der Waals surface area contributed by atoms with Crippen molar-refractivity contribution in [3.63, 3.8) is 0 Å². The molecule has 20 heavy (non-hydrogen) atoms. The molecule has 2 nitrogen and oxygen atoms in total. The second-order valence-corrected chi connectivity index (χ2v) is 6.72. The Balaban J connectivity index is 2.35. The van der Waals surface area contributed by atoms with Gasteiger partial charge >= 0.3 is 0 Å². The van der Waals surface area contributed by atoms with Gasteiger partial charge in [0.05, 0.1) is 17.1 Å². The number of ether oxygens (including phenoxy) is 1. The summed E-state index contributed by atoms with van der Waals surface area (Å²) in [6.45, 7) is 2.59. The summed E-state index contributed by atoms with van der Waals surface area (Å²) < 4.78 is 7.52. The smallest absolute Gasteiger partial charge is 0.133 e. The summed E-state index contributed by atoms with van der Waals surface area (Å²) in [4.78, 5) is 0. The molecule has 0 radical (unpaired) electrons. The van der Waals surface area contributed by atoms with Gasteiger partial charge in [0.15, 0.2) is 0 Å². The molecule has 0 aliphatic rings. The van der Waals surface area contributed by atoms with Crippen LogP contribution in [-0.2, 0) is 0 Å². The fraction of sp³-hybridized carbons (Fsp3) is 0.200. The highest BCUT2D eigenvalue weighted by Gasteiger charge is 2.14. The summed E-state index contributed by atoms with van der Waals surface area (Å²) >= 11 is 11.8. The molecule has 0 heterocycles. The number of halogens is 3. The molecule has 0 aliphatic heterocycles. The molecular formula is C15H14BrClINO. The molecule has 2 N–H and O–H groups in total. The van der Waals surface area contributed by atoms with Crippen LogP contribution in [0.2, 0.25) is 5.02 Å². The van der Waals surface area contributed by atoms with Gasteiger partial charge in [-0.15, -0.1) is 0 Å². The second kappa shape index (κ2) is 7.11. The van der Waals surface area contributed by atoms with E-state index in [0.29, 0.717) is 11.6 Å². The van der Waals surface area contributed by atoms with Gasteiger partial charge in [-0.3, -0.25) is 0 Å². The molecule has 2 aromatic rings. The molecule has 0 saturated heterocycles. The van der Waals surface area contributed by atoms with Crippen molar-refractivity contribution in [3.05, 3.63) is 60.6 Å². The minimum Gasteiger partial charge on any atom is -0.493 e. The van der Waals surface area contributed by atoms with Crippen LogP contribution in [-0.4, -0.2) is 6.61 Å². The van der Waals surface area contributed by atoms with Crippen LogP contribution in [0.1, 0.15) is 24.1 Å². The maximum Gasteiger partial charge on any atom is 0.133 e. The molecule has 0 bridgehead atoms. The molecule has 2 aromatic carbocycles. The Bertz CT molecular complexity index is 621. The van der Waals surface area contributed by atoms with Gasteiger partial charge in [-0.2, -0.15) is 0 Å². The Hall–Kier alpha value is -0.300. The van der Waals surface area contributed by atoms with Gasteiger partial charge in [-0.25, -0.2) is 0 Å². The molecule has 5 heteroatoms. The number of hydrogen-bond acceptors (Lipinski definition) is 2. The van der Waals surface area contributed by atoms with Crippen LogP contribution in [0, 0.1) is 3.57 Å². The number of nitrogens with two attached hydrogens (primary N) is 1. The van der Waals surface area contributed by atoms with E-state index in [1.54, 1.807) is 0 Å². The lowest BCUT2D eigenvalue weighted by molar-refractivity contribution is 0.338. The maximum atomic E-state index is 6.35. The molecular weight excluding hydrogens is 452 g/mol. The summed E-state index contributed by atoms with van der Waals surface area (Å²) in [5, 5.41) is 0.695. The summed E-state index contributed by atoms with van der Waals surface area (Å²) in [5.74, 6) is 0.823. The zero-order chi connectivity index (χ0) is 14.7. The van der Waals surface area contributed by atoms with Crippen LogP contribution in [0.25, 0.3) is 0 Å². The Kier molecular flexibility index (Phi) is 5.72. The van der Waals surface area contributed by atoms with Crippen LogP contribution in [0.15, 0.2) is 40.9 Å². The summed E-state index contributed by atoms with van der Waals surface area (Å²) in [7, 11) is 0. The van der Waals surface area contributed by atoms with Gasteiger partial charge in [0.2, 0.25) is 0 Å². The van der Waals surface area contributed by atoms with E-state index in [4.69, 9.17) is 22.1 Å². The van der Waals surface area contributed by atoms with Crippen molar-refractivity contribution < 1.29 is 4.74 Å². The predicted octanol–water partition coefficient (Wildman–Crippen LogP) is 5.15. The highest BCUT2D eigenvalue weighted by Crippen LogP contribution is 2.32. The molecule has 1 unspecified atom stereocenters. The Morgan fingerprint density at radius 1 is 1.30 bits per heavy atom.